The topological polar surface area (TPSA) is 107 Å². The van der Waals surface area contributed by atoms with E-state index in [1.165, 1.54) is 25.3 Å². The summed E-state index contributed by atoms with van der Waals surface area (Å²) in [7, 11) is 1.55. The summed E-state index contributed by atoms with van der Waals surface area (Å²) in [5.74, 6) is -0.792. The number of nitrogens with one attached hydrogen (secondary N) is 2. The first-order valence-corrected chi connectivity index (χ1v) is 8.11. The largest absolute Gasteiger partial charge is 0.497 e. The molecular formula is C19H20N2O6. The molecule has 8 nitrogen and oxygen atoms in total. The van der Waals surface area contributed by atoms with Crippen molar-refractivity contribution in [2.24, 2.45) is 0 Å². The third-order valence-corrected chi connectivity index (χ3v) is 3.36. The number of hydrogen-bond acceptors (Lipinski definition) is 6. The highest BCUT2D eigenvalue weighted by atomic mass is 16.5. The van der Waals surface area contributed by atoms with Crippen LogP contribution in [0.5, 0.6) is 5.75 Å². The lowest BCUT2D eigenvalue weighted by Crippen LogP contribution is -2.36. The lowest BCUT2D eigenvalue weighted by atomic mass is 10.1. The minimum Gasteiger partial charge on any atom is -0.497 e. The van der Waals surface area contributed by atoms with E-state index in [0.717, 1.165) is 0 Å². The van der Waals surface area contributed by atoms with Crippen LogP contribution in [0.1, 0.15) is 23.0 Å². The van der Waals surface area contributed by atoms with Gasteiger partial charge >= 0.3 is 5.97 Å². The van der Waals surface area contributed by atoms with Gasteiger partial charge in [0.2, 0.25) is 0 Å². The lowest BCUT2D eigenvalue weighted by molar-refractivity contribution is -0.141. The van der Waals surface area contributed by atoms with Crippen LogP contribution in [0.3, 0.4) is 0 Å². The van der Waals surface area contributed by atoms with E-state index in [0.29, 0.717) is 11.3 Å². The van der Waals surface area contributed by atoms with Gasteiger partial charge in [-0.2, -0.15) is 0 Å². The Kier molecular flexibility index (Phi) is 7.18. The Bertz CT molecular complexity index is 809. The molecular weight excluding hydrogens is 352 g/mol. The summed E-state index contributed by atoms with van der Waals surface area (Å²) < 4.78 is 14.9. The summed E-state index contributed by atoms with van der Waals surface area (Å²) in [6.07, 6.45) is 2.88. The van der Waals surface area contributed by atoms with Gasteiger partial charge in [0, 0.05) is 6.92 Å². The van der Waals surface area contributed by atoms with Crippen molar-refractivity contribution in [3.8, 4) is 5.75 Å². The summed E-state index contributed by atoms with van der Waals surface area (Å²) in [6, 6.07) is 10.0. The van der Waals surface area contributed by atoms with Crippen LogP contribution < -0.4 is 15.4 Å². The Morgan fingerprint density at radius 1 is 1.15 bits per heavy atom. The molecule has 2 rings (SSSR count). The average Bonchev–Trinajstić information content (AvgIpc) is 3.20. The standard InChI is InChI=1S/C19H20N2O6/c1-13(22)26-11-9-20-18(23)16(21-19(24)17-4-3-10-27-17)12-14-5-7-15(25-2)8-6-14/h3-8,10,12H,9,11H2,1-2H3,(H,20,23)(H,21,24)/b16-12-. The number of rotatable bonds is 8. The first-order chi connectivity index (χ1) is 13.0. The molecule has 8 heteroatoms. The van der Waals surface area contributed by atoms with Crippen molar-refractivity contribution in [3.05, 3.63) is 59.7 Å². The van der Waals surface area contributed by atoms with Crippen LogP contribution in [0.4, 0.5) is 0 Å². The third kappa shape index (κ3) is 6.35. The Balaban J connectivity index is 2.13. The van der Waals surface area contributed by atoms with Crippen molar-refractivity contribution in [1.29, 1.82) is 0 Å². The zero-order valence-electron chi connectivity index (χ0n) is 15.0. The number of methoxy groups -OCH3 is 1. The van der Waals surface area contributed by atoms with E-state index in [9.17, 15) is 14.4 Å². The fourth-order valence-electron chi connectivity index (χ4n) is 2.07. The number of ether oxygens (including phenoxy) is 2. The van der Waals surface area contributed by atoms with Gasteiger partial charge in [-0.05, 0) is 35.9 Å². The highest BCUT2D eigenvalue weighted by Crippen LogP contribution is 2.14. The quantitative estimate of drug-likeness (QED) is 0.415. The summed E-state index contributed by atoms with van der Waals surface area (Å²) in [6.45, 7) is 1.42. The van der Waals surface area contributed by atoms with Gasteiger partial charge in [0.25, 0.3) is 11.8 Å². The molecule has 1 heterocycles. The van der Waals surface area contributed by atoms with E-state index >= 15 is 0 Å². The van der Waals surface area contributed by atoms with E-state index in [1.54, 1.807) is 37.4 Å². The lowest BCUT2D eigenvalue weighted by Gasteiger charge is -2.10. The molecule has 2 amide bonds. The molecule has 2 aromatic rings. The molecule has 0 atom stereocenters. The second-order valence-corrected chi connectivity index (χ2v) is 5.36. The summed E-state index contributed by atoms with van der Waals surface area (Å²) in [4.78, 5) is 35.4. The molecule has 0 spiro atoms. The predicted molar refractivity (Wildman–Crippen MR) is 96.8 cm³/mol. The average molecular weight is 372 g/mol. The van der Waals surface area contributed by atoms with Gasteiger partial charge in [-0.1, -0.05) is 12.1 Å². The smallest absolute Gasteiger partial charge is 0.302 e. The summed E-state index contributed by atoms with van der Waals surface area (Å²) in [5, 5.41) is 5.10. The monoisotopic (exact) mass is 372 g/mol. The Morgan fingerprint density at radius 2 is 1.89 bits per heavy atom. The van der Waals surface area contributed by atoms with Crippen LogP contribution in [-0.4, -0.2) is 38.0 Å². The van der Waals surface area contributed by atoms with Crippen molar-refractivity contribution in [1.82, 2.24) is 10.6 Å². The molecule has 0 unspecified atom stereocenters. The minimum atomic E-state index is -0.560. The van der Waals surface area contributed by atoms with Crippen LogP contribution in [0.15, 0.2) is 52.8 Å². The van der Waals surface area contributed by atoms with E-state index in [2.05, 4.69) is 10.6 Å². The van der Waals surface area contributed by atoms with Gasteiger partial charge in [0.1, 0.15) is 18.1 Å². The van der Waals surface area contributed by atoms with Crippen molar-refractivity contribution < 1.29 is 28.3 Å². The Morgan fingerprint density at radius 3 is 2.48 bits per heavy atom. The van der Waals surface area contributed by atoms with Crippen LogP contribution >= 0.6 is 0 Å². The number of esters is 1. The zero-order valence-corrected chi connectivity index (χ0v) is 15.0. The fourth-order valence-corrected chi connectivity index (χ4v) is 2.07. The van der Waals surface area contributed by atoms with Gasteiger partial charge < -0.3 is 24.5 Å². The first kappa shape index (κ1) is 19.8. The van der Waals surface area contributed by atoms with Gasteiger partial charge in [0.15, 0.2) is 5.76 Å². The maximum Gasteiger partial charge on any atom is 0.302 e. The van der Waals surface area contributed by atoms with Gasteiger partial charge in [-0.3, -0.25) is 14.4 Å². The molecule has 0 saturated carbocycles. The SMILES string of the molecule is COc1ccc(/C=C(\NC(=O)c2ccco2)C(=O)NCCOC(C)=O)cc1. The zero-order chi connectivity index (χ0) is 19.6. The minimum absolute atomic E-state index is 0.0180. The van der Waals surface area contributed by atoms with Crippen LogP contribution in [0.25, 0.3) is 6.08 Å². The molecule has 0 radical (unpaired) electrons. The van der Waals surface area contributed by atoms with Crippen LogP contribution in [0, 0.1) is 0 Å². The molecule has 1 aromatic heterocycles. The Hall–Kier alpha value is -3.55. The summed E-state index contributed by atoms with van der Waals surface area (Å²) >= 11 is 0. The molecule has 0 saturated heterocycles. The molecule has 2 N–H and O–H groups in total. The molecule has 0 aliphatic rings. The molecule has 1 aromatic carbocycles. The molecule has 0 fully saturated rings. The van der Waals surface area contributed by atoms with Gasteiger partial charge in [-0.25, -0.2) is 0 Å². The first-order valence-electron chi connectivity index (χ1n) is 8.11. The van der Waals surface area contributed by atoms with E-state index in [-0.39, 0.29) is 24.6 Å². The molecule has 27 heavy (non-hydrogen) atoms. The maximum atomic E-state index is 12.4. The van der Waals surface area contributed by atoms with Crippen LogP contribution in [-0.2, 0) is 14.3 Å². The maximum absolute atomic E-state index is 12.4. The second kappa shape index (κ2) is 9.81. The van der Waals surface area contributed by atoms with Crippen molar-refractivity contribution in [3.63, 3.8) is 0 Å². The highest BCUT2D eigenvalue weighted by Gasteiger charge is 2.16. The van der Waals surface area contributed by atoms with Crippen LogP contribution in [0.2, 0.25) is 0 Å². The molecule has 142 valence electrons. The number of carbonyl (C=O) groups is 3. The summed E-state index contributed by atoms with van der Waals surface area (Å²) in [5.41, 5.74) is 0.699. The molecule has 0 bridgehead atoms. The van der Waals surface area contributed by atoms with Gasteiger partial charge in [-0.15, -0.1) is 0 Å². The van der Waals surface area contributed by atoms with Gasteiger partial charge in [0.05, 0.1) is 19.9 Å². The van der Waals surface area contributed by atoms with E-state index in [1.807, 2.05) is 0 Å². The highest BCUT2D eigenvalue weighted by molar-refractivity contribution is 6.04. The number of carbonyl (C=O) groups excluding carboxylic acids is 3. The predicted octanol–water partition coefficient (Wildman–Crippen LogP) is 1.74. The third-order valence-electron chi connectivity index (χ3n) is 3.36. The normalized spacial score (nSPS) is 10.8. The van der Waals surface area contributed by atoms with Crippen molar-refractivity contribution in [2.45, 2.75) is 6.92 Å². The fraction of sp³-hybridized carbons (Fsp3) is 0.211. The number of amides is 2. The second-order valence-electron chi connectivity index (χ2n) is 5.36. The van der Waals surface area contributed by atoms with Crippen molar-refractivity contribution >= 4 is 23.9 Å². The van der Waals surface area contributed by atoms with E-state index in [4.69, 9.17) is 13.9 Å². The van der Waals surface area contributed by atoms with E-state index < -0.39 is 17.8 Å². The molecule has 0 aliphatic carbocycles. The number of hydrogen-bond donors (Lipinski definition) is 2. The van der Waals surface area contributed by atoms with Crippen molar-refractivity contribution in [2.75, 3.05) is 20.3 Å². The number of benzene rings is 1. The molecule has 0 aliphatic heterocycles. The Labute approximate surface area is 156 Å². The number of furan rings is 1.